The normalized spacial score (nSPS) is 26.4. The van der Waals surface area contributed by atoms with Crippen molar-refractivity contribution in [1.29, 1.82) is 0 Å². The van der Waals surface area contributed by atoms with E-state index in [2.05, 4.69) is 30.9 Å². The largest absolute Gasteiger partial charge is 0.326 e. The maximum atomic E-state index is 5.65. The minimum absolute atomic E-state index is 0.678. The molecule has 1 aliphatic heterocycles. The van der Waals surface area contributed by atoms with E-state index in [1.54, 1.807) is 0 Å². The van der Waals surface area contributed by atoms with Crippen LogP contribution in [-0.2, 0) is 13.1 Å². The summed E-state index contributed by atoms with van der Waals surface area (Å²) < 4.78 is 0. The van der Waals surface area contributed by atoms with Gasteiger partial charge in [-0.3, -0.25) is 4.90 Å². The van der Waals surface area contributed by atoms with E-state index in [0.717, 1.165) is 18.6 Å². The molecule has 0 aromatic carbocycles. The van der Waals surface area contributed by atoms with Gasteiger partial charge in [0.05, 0.1) is 0 Å². The quantitative estimate of drug-likeness (QED) is 0.874. The molecule has 0 bridgehead atoms. The summed E-state index contributed by atoms with van der Waals surface area (Å²) in [6.07, 6.45) is 4.00. The molecule has 0 saturated carbocycles. The molecule has 1 saturated heterocycles. The molecule has 1 aromatic heterocycles. The Morgan fingerprint density at radius 1 is 1.38 bits per heavy atom. The highest BCUT2D eigenvalue weighted by Gasteiger charge is 2.29. The molecule has 2 heterocycles. The molecule has 0 amide bonds. The van der Waals surface area contributed by atoms with E-state index in [0.29, 0.717) is 6.54 Å². The van der Waals surface area contributed by atoms with Gasteiger partial charge in [-0.05, 0) is 38.3 Å². The number of likely N-dealkylation sites (tertiary alicyclic amines) is 1. The summed E-state index contributed by atoms with van der Waals surface area (Å²) in [7, 11) is 0. The van der Waals surface area contributed by atoms with Crippen LogP contribution < -0.4 is 5.73 Å². The van der Waals surface area contributed by atoms with Crippen molar-refractivity contribution in [3.63, 3.8) is 0 Å². The molecule has 90 valence electrons. The Hall–Kier alpha value is -0.380. The van der Waals surface area contributed by atoms with Gasteiger partial charge in [-0.25, -0.2) is 0 Å². The van der Waals surface area contributed by atoms with Gasteiger partial charge < -0.3 is 5.73 Å². The number of hydrogen-bond donors (Lipinski definition) is 1. The van der Waals surface area contributed by atoms with Gasteiger partial charge in [-0.15, -0.1) is 11.3 Å². The standard InChI is InChI=1S/C13H22N2S/c1-3-11-5-4-10(2)15(11)9-13-7-6-12(8-14)16-13/h6-7,10-11H,3-5,8-9,14H2,1-2H3. The first kappa shape index (κ1) is 12.1. The number of nitrogens with zero attached hydrogens (tertiary/aromatic N) is 1. The molecule has 2 rings (SSSR count). The highest BCUT2D eigenvalue weighted by molar-refractivity contribution is 7.11. The summed E-state index contributed by atoms with van der Waals surface area (Å²) in [5.74, 6) is 0. The fraction of sp³-hybridized carbons (Fsp3) is 0.692. The number of rotatable bonds is 4. The molecule has 1 aliphatic rings. The average Bonchev–Trinajstić information content (AvgIpc) is 2.88. The predicted octanol–water partition coefficient (Wildman–Crippen LogP) is 2.97. The Bertz CT molecular complexity index is 334. The third-order valence-electron chi connectivity index (χ3n) is 3.68. The molecule has 0 aliphatic carbocycles. The third kappa shape index (κ3) is 2.47. The van der Waals surface area contributed by atoms with Crippen LogP contribution in [0.25, 0.3) is 0 Å². The molecule has 1 fully saturated rings. The van der Waals surface area contributed by atoms with E-state index >= 15 is 0 Å². The summed E-state index contributed by atoms with van der Waals surface area (Å²) in [4.78, 5) is 5.43. The van der Waals surface area contributed by atoms with Crippen molar-refractivity contribution in [2.24, 2.45) is 5.73 Å². The molecule has 1 aromatic rings. The van der Waals surface area contributed by atoms with E-state index in [9.17, 15) is 0 Å². The van der Waals surface area contributed by atoms with Crippen LogP contribution >= 0.6 is 11.3 Å². The molecular weight excluding hydrogens is 216 g/mol. The van der Waals surface area contributed by atoms with Crippen LogP contribution in [0.3, 0.4) is 0 Å². The van der Waals surface area contributed by atoms with E-state index in [4.69, 9.17) is 5.73 Å². The van der Waals surface area contributed by atoms with Crippen LogP contribution in [0.4, 0.5) is 0 Å². The fourth-order valence-corrected chi connectivity index (χ4v) is 3.55. The van der Waals surface area contributed by atoms with Crippen molar-refractivity contribution in [3.05, 3.63) is 21.9 Å². The molecule has 2 nitrogen and oxygen atoms in total. The summed E-state index contributed by atoms with van der Waals surface area (Å²) in [6.45, 7) is 6.45. The fourth-order valence-electron chi connectivity index (χ4n) is 2.65. The lowest BCUT2D eigenvalue weighted by atomic mass is 10.1. The highest BCUT2D eigenvalue weighted by Crippen LogP contribution is 2.29. The van der Waals surface area contributed by atoms with Gasteiger partial charge in [0.1, 0.15) is 0 Å². The number of thiophene rings is 1. The maximum Gasteiger partial charge on any atom is 0.0333 e. The first-order valence-electron chi connectivity index (χ1n) is 6.28. The predicted molar refractivity (Wildman–Crippen MR) is 70.5 cm³/mol. The first-order valence-corrected chi connectivity index (χ1v) is 7.09. The Labute approximate surface area is 102 Å². The van der Waals surface area contributed by atoms with Gasteiger partial charge in [0, 0.05) is 34.9 Å². The van der Waals surface area contributed by atoms with Gasteiger partial charge in [-0.1, -0.05) is 6.92 Å². The Balaban J connectivity index is 2.02. The van der Waals surface area contributed by atoms with Gasteiger partial charge in [-0.2, -0.15) is 0 Å². The second kappa shape index (κ2) is 5.30. The molecule has 2 unspecified atom stereocenters. The SMILES string of the molecule is CCC1CCC(C)N1Cc1ccc(CN)s1. The zero-order chi connectivity index (χ0) is 11.5. The van der Waals surface area contributed by atoms with Crippen LogP contribution in [0.15, 0.2) is 12.1 Å². The molecule has 0 radical (unpaired) electrons. The topological polar surface area (TPSA) is 29.3 Å². The maximum absolute atomic E-state index is 5.65. The average molecular weight is 238 g/mol. The van der Waals surface area contributed by atoms with E-state index < -0.39 is 0 Å². The Morgan fingerprint density at radius 2 is 2.12 bits per heavy atom. The van der Waals surface area contributed by atoms with E-state index in [-0.39, 0.29) is 0 Å². The summed E-state index contributed by atoms with van der Waals surface area (Å²) >= 11 is 1.87. The minimum atomic E-state index is 0.678. The Kier molecular flexibility index (Phi) is 4.00. The highest BCUT2D eigenvalue weighted by atomic mass is 32.1. The van der Waals surface area contributed by atoms with Crippen LogP contribution in [0.1, 0.15) is 42.9 Å². The van der Waals surface area contributed by atoms with Crippen LogP contribution in [0, 0.1) is 0 Å². The lowest BCUT2D eigenvalue weighted by Gasteiger charge is -2.27. The van der Waals surface area contributed by atoms with Crippen molar-refractivity contribution in [1.82, 2.24) is 4.90 Å². The first-order chi connectivity index (χ1) is 7.74. The van der Waals surface area contributed by atoms with Crippen LogP contribution in [0.5, 0.6) is 0 Å². The van der Waals surface area contributed by atoms with Crippen LogP contribution in [0.2, 0.25) is 0 Å². The third-order valence-corrected chi connectivity index (χ3v) is 4.77. The number of hydrogen-bond acceptors (Lipinski definition) is 3. The van der Waals surface area contributed by atoms with Crippen molar-refractivity contribution in [2.45, 2.75) is 58.3 Å². The van der Waals surface area contributed by atoms with E-state index in [1.165, 1.54) is 29.0 Å². The Morgan fingerprint density at radius 3 is 2.75 bits per heavy atom. The zero-order valence-corrected chi connectivity index (χ0v) is 11.1. The monoisotopic (exact) mass is 238 g/mol. The van der Waals surface area contributed by atoms with Gasteiger partial charge in [0.15, 0.2) is 0 Å². The van der Waals surface area contributed by atoms with Gasteiger partial charge in [0.2, 0.25) is 0 Å². The lowest BCUT2D eigenvalue weighted by molar-refractivity contribution is 0.191. The summed E-state index contributed by atoms with van der Waals surface area (Å²) in [5, 5.41) is 0. The van der Waals surface area contributed by atoms with E-state index in [1.807, 2.05) is 11.3 Å². The molecule has 3 heteroatoms. The summed E-state index contributed by atoms with van der Waals surface area (Å²) in [5.41, 5.74) is 5.65. The zero-order valence-electron chi connectivity index (χ0n) is 10.3. The van der Waals surface area contributed by atoms with Crippen molar-refractivity contribution in [3.8, 4) is 0 Å². The molecule has 2 atom stereocenters. The summed E-state index contributed by atoms with van der Waals surface area (Å²) in [6, 6.07) is 5.94. The molecular formula is C13H22N2S. The molecule has 2 N–H and O–H groups in total. The van der Waals surface area contributed by atoms with Gasteiger partial charge in [0.25, 0.3) is 0 Å². The number of nitrogens with two attached hydrogens (primary N) is 1. The van der Waals surface area contributed by atoms with Crippen LogP contribution in [-0.4, -0.2) is 17.0 Å². The van der Waals surface area contributed by atoms with Crippen molar-refractivity contribution >= 4 is 11.3 Å². The smallest absolute Gasteiger partial charge is 0.0333 e. The van der Waals surface area contributed by atoms with Crippen molar-refractivity contribution < 1.29 is 0 Å². The second-order valence-electron chi connectivity index (χ2n) is 4.73. The lowest BCUT2D eigenvalue weighted by Crippen LogP contribution is -2.33. The second-order valence-corrected chi connectivity index (χ2v) is 5.99. The van der Waals surface area contributed by atoms with Crippen molar-refractivity contribution in [2.75, 3.05) is 0 Å². The van der Waals surface area contributed by atoms with Gasteiger partial charge >= 0.3 is 0 Å². The molecule has 0 spiro atoms. The molecule has 16 heavy (non-hydrogen) atoms. The minimum Gasteiger partial charge on any atom is -0.326 e.